The Bertz CT molecular complexity index is 374. The topological polar surface area (TPSA) is 53.4 Å². The number of hydrogen-bond acceptors (Lipinski definition) is 3. The molecule has 0 spiro atoms. The molecule has 1 aliphatic rings. The summed E-state index contributed by atoms with van der Waals surface area (Å²) in [5, 5.41) is 8.81. The maximum absolute atomic E-state index is 10.7. The first-order valence-electron chi connectivity index (χ1n) is 5.99. The first kappa shape index (κ1) is 12.0. The third kappa shape index (κ3) is 3.03. The highest BCUT2D eigenvalue weighted by molar-refractivity contribution is 5.71. The van der Waals surface area contributed by atoms with Gasteiger partial charge in [-0.05, 0) is 37.9 Å². The molecule has 2 rings (SSSR count). The molecule has 1 heterocycles. The highest BCUT2D eigenvalue weighted by atomic mass is 16.4. The fourth-order valence-electron chi connectivity index (χ4n) is 2.18. The van der Waals surface area contributed by atoms with Gasteiger partial charge in [-0.1, -0.05) is 6.07 Å². The van der Waals surface area contributed by atoms with Crippen LogP contribution >= 0.6 is 0 Å². The van der Waals surface area contributed by atoms with Gasteiger partial charge in [-0.25, -0.2) is 0 Å². The Balaban J connectivity index is 1.72. The second kappa shape index (κ2) is 5.27. The number of rotatable bonds is 5. The van der Waals surface area contributed by atoms with Crippen LogP contribution in [-0.4, -0.2) is 40.6 Å². The minimum absolute atomic E-state index is 0.124. The van der Waals surface area contributed by atoms with E-state index in [0.717, 1.165) is 25.8 Å². The van der Waals surface area contributed by atoms with Crippen LogP contribution < -0.4 is 0 Å². The van der Waals surface area contributed by atoms with E-state index in [-0.39, 0.29) is 5.92 Å². The van der Waals surface area contributed by atoms with Crippen molar-refractivity contribution in [1.82, 2.24) is 9.88 Å². The van der Waals surface area contributed by atoms with Gasteiger partial charge in [0, 0.05) is 25.0 Å². The predicted molar refractivity (Wildman–Crippen MR) is 64.7 cm³/mol. The maximum Gasteiger partial charge on any atom is 0.306 e. The van der Waals surface area contributed by atoms with E-state index in [0.29, 0.717) is 6.04 Å². The minimum atomic E-state index is -0.651. The summed E-state index contributed by atoms with van der Waals surface area (Å²) in [7, 11) is 2.07. The summed E-state index contributed by atoms with van der Waals surface area (Å²) < 4.78 is 0. The average Bonchev–Trinajstić information content (AvgIpc) is 2.25. The van der Waals surface area contributed by atoms with Gasteiger partial charge >= 0.3 is 5.97 Å². The minimum Gasteiger partial charge on any atom is -0.481 e. The lowest BCUT2D eigenvalue weighted by atomic mass is 9.79. The molecule has 0 aromatic carbocycles. The average molecular weight is 234 g/mol. The van der Waals surface area contributed by atoms with E-state index >= 15 is 0 Å². The Labute approximate surface area is 101 Å². The van der Waals surface area contributed by atoms with Gasteiger partial charge in [-0.2, -0.15) is 0 Å². The molecular formula is C13H18N2O2. The van der Waals surface area contributed by atoms with Crippen molar-refractivity contribution < 1.29 is 9.90 Å². The Hall–Kier alpha value is -1.42. The summed E-state index contributed by atoms with van der Waals surface area (Å²) in [6.07, 6.45) is 6.21. The molecule has 92 valence electrons. The number of likely N-dealkylation sites (N-methyl/N-ethyl adjacent to an activating group) is 1. The largest absolute Gasteiger partial charge is 0.481 e. The van der Waals surface area contributed by atoms with Crippen molar-refractivity contribution >= 4 is 5.97 Å². The summed E-state index contributed by atoms with van der Waals surface area (Å²) in [6.45, 7) is 0.961. The van der Waals surface area contributed by atoms with Crippen LogP contribution in [0.25, 0.3) is 0 Å². The lowest BCUT2D eigenvalue weighted by Crippen LogP contribution is -2.45. The molecule has 4 nitrogen and oxygen atoms in total. The molecule has 1 aromatic rings. The molecular weight excluding hydrogens is 216 g/mol. The fraction of sp³-hybridized carbons (Fsp3) is 0.538. The van der Waals surface area contributed by atoms with Gasteiger partial charge in [-0.3, -0.25) is 9.78 Å². The molecule has 0 atom stereocenters. The number of pyridine rings is 1. The predicted octanol–water partition coefficient (Wildman–Crippen LogP) is 1.42. The molecule has 1 aromatic heterocycles. The number of aliphatic carboxylic acids is 1. The zero-order valence-corrected chi connectivity index (χ0v) is 10.0. The van der Waals surface area contributed by atoms with Crippen LogP contribution in [0.15, 0.2) is 24.5 Å². The Morgan fingerprint density at radius 3 is 2.94 bits per heavy atom. The standard InChI is InChI=1S/C13H18N2O2/c1-15(12-7-11(8-12)13(16)17)6-4-10-3-2-5-14-9-10/h2-3,5,9,11-12H,4,6-8H2,1H3,(H,16,17). The van der Waals surface area contributed by atoms with Crippen LogP contribution in [0.4, 0.5) is 0 Å². The second-order valence-electron chi connectivity index (χ2n) is 4.75. The molecule has 1 N–H and O–H groups in total. The highest BCUT2D eigenvalue weighted by Gasteiger charge is 2.36. The second-order valence-corrected chi connectivity index (χ2v) is 4.75. The van der Waals surface area contributed by atoms with Crippen LogP contribution in [0.1, 0.15) is 18.4 Å². The van der Waals surface area contributed by atoms with Crippen molar-refractivity contribution in [3.8, 4) is 0 Å². The fourth-order valence-corrected chi connectivity index (χ4v) is 2.18. The summed E-state index contributed by atoms with van der Waals surface area (Å²) >= 11 is 0. The summed E-state index contributed by atoms with van der Waals surface area (Å²) in [4.78, 5) is 17.0. The summed E-state index contributed by atoms with van der Waals surface area (Å²) in [5.41, 5.74) is 1.23. The summed E-state index contributed by atoms with van der Waals surface area (Å²) in [6, 6.07) is 4.45. The van der Waals surface area contributed by atoms with E-state index in [1.165, 1.54) is 5.56 Å². The molecule has 0 aliphatic heterocycles. The molecule has 0 bridgehead atoms. The van der Waals surface area contributed by atoms with Crippen molar-refractivity contribution in [3.05, 3.63) is 30.1 Å². The van der Waals surface area contributed by atoms with Crippen molar-refractivity contribution in [2.75, 3.05) is 13.6 Å². The van der Waals surface area contributed by atoms with Crippen molar-refractivity contribution in [2.45, 2.75) is 25.3 Å². The highest BCUT2D eigenvalue weighted by Crippen LogP contribution is 2.31. The van der Waals surface area contributed by atoms with Gasteiger partial charge < -0.3 is 10.0 Å². The monoisotopic (exact) mass is 234 g/mol. The van der Waals surface area contributed by atoms with E-state index < -0.39 is 5.97 Å². The van der Waals surface area contributed by atoms with Gasteiger partial charge in [0.25, 0.3) is 0 Å². The molecule has 1 fully saturated rings. The molecule has 1 aliphatic carbocycles. The number of carboxylic acids is 1. The molecule has 0 radical (unpaired) electrons. The SMILES string of the molecule is CN(CCc1cccnc1)C1CC(C(=O)O)C1. The third-order valence-corrected chi connectivity index (χ3v) is 3.56. The molecule has 17 heavy (non-hydrogen) atoms. The third-order valence-electron chi connectivity index (χ3n) is 3.56. The van der Waals surface area contributed by atoms with E-state index in [1.54, 1.807) is 6.20 Å². The Morgan fingerprint density at radius 1 is 1.59 bits per heavy atom. The van der Waals surface area contributed by atoms with Crippen molar-refractivity contribution in [2.24, 2.45) is 5.92 Å². The van der Waals surface area contributed by atoms with E-state index in [1.807, 2.05) is 12.3 Å². The van der Waals surface area contributed by atoms with Crippen LogP contribution in [0.5, 0.6) is 0 Å². The first-order chi connectivity index (χ1) is 8.16. The number of carboxylic acid groups (broad SMARTS) is 1. The van der Waals surface area contributed by atoms with Gasteiger partial charge in [-0.15, -0.1) is 0 Å². The first-order valence-corrected chi connectivity index (χ1v) is 5.99. The smallest absolute Gasteiger partial charge is 0.306 e. The Kier molecular flexibility index (Phi) is 3.74. The van der Waals surface area contributed by atoms with Crippen LogP contribution in [0.2, 0.25) is 0 Å². The van der Waals surface area contributed by atoms with Gasteiger partial charge in [0.1, 0.15) is 0 Å². The van der Waals surface area contributed by atoms with E-state index in [4.69, 9.17) is 5.11 Å². The van der Waals surface area contributed by atoms with Gasteiger partial charge in [0.2, 0.25) is 0 Å². The zero-order chi connectivity index (χ0) is 12.3. The number of nitrogens with zero attached hydrogens (tertiary/aromatic N) is 2. The number of hydrogen-bond donors (Lipinski definition) is 1. The van der Waals surface area contributed by atoms with Crippen molar-refractivity contribution in [3.63, 3.8) is 0 Å². The molecule has 0 unspecified atom stereocenters. The van der Waals surface area contributed by atoms with Crippen molar-refractivity contribution in [1.29, 1.82) is 0 Å². The number of aromatic nitrogens is 1. The lowest BCUT2D eigenvalue weighted by Gasteiger charge is -2.39. The summed E-state index contributed by atoms with van der Waals surface area (Å²) in [5.74, 6) is -0.775. The van der Waals surface area contributed by atoms with Gasteiger partial charge in [0.15, 0.2) is 0 Å². The maximum atomic E-state index is 10.7. The molecule has 0 saturated heterocycles. The van der Waals surface area contributed by atoms with Crippen LogP contribution in [-0.2, 0) is 11.2 Å². The lowest BCUT2D eigenvalue weighted by molar-refractivity contribution is -0.146. The van der Waals surface area contributed by atoms with E-state index in [2.05, 4.69) is 23.0 Å². The van der Waals surface area contributed by atoms with Crippen LogP contribution in [0.3, 0.4) is 0 Å². The zero-order valence-electron chi connectivity index (χ0n) is 10.0. The van der Waals surface area contributed by atoms with Crippen LogP contribution in [0, 0.1) is 5.92 Å². The quantitative estimate of drug-likeness (QED) is 0.837. The molecule has 1 saturated carbocycles. The Morgan fingerprint density at radius 2 is 2.35 bits per heavy atom. The van der Waals surface area contributed by atoms with E-state index in [9.17, 15) is 4.79 Å². The molecule has 0 amide bonds. The molecule has 4 heteroatoms. The number of carbonyl (C=O) groups is 1. The van der Waals surface area contributed by atoms with Gasteiger partial charge in [0.05, 0.1) is 5.92 Å². The normalized spacial score (nSPS) is 23.4.